The number of rotatable bonds is 10. The summed E-state index contributed by atoms with van der Waals surface area (Å²) in [4.78, 5) is 25.1. The van der Waals surface area contributed by atoms with Gasteiger partial charge in [0.25, 0.3) is 11.8 Å². The van der Waals surface area contributed by atoms with Crippen molar-refractivity contribution in [2.24, 2.45) is 11.0 Å². The van der Waals surface area contributed by atoms with E-state index in [0.29, 0.717) is 17.2 Å². The maximum absolute atomic E-state index is 12.6. The van der Waals surface area contributed by atoms with E-state index in [0.717, 1.165) is 28.6 Å². The highest BCUT2D eigenvalue weighted by molar-refractivity contribution is 9.10. The molecule has 166 valence electrons. The zero-order valence-electron chi connectivity index (χ0n) is 17.8. The zero-order chi connectivity index (χ0) is 22.8. The molecule has 0 saturated heterocycles. The quantitative estimate of drug-likeness (QED) is 0.263. The second-order valence-electron chi connectivity index (χ2n) is 7.30. The van der Waals surface area contributed by atoms with Crippen molar-refractivity contribution >= 4 is 45.6 Å². The fraction of sp³-hybridized carbons (Fsp3) is 0.348. The third-order valence-corrected chi connectivity index (χ3v) is 5.40. The number of hydrazone groups is 1. The number of nitrogens with zero attached hydrogens (tertiary/aromatic N) is 1. The van der Waals surface area contributed by atoms with E-state index in [4.69, 9.17) is 16.3 Å². The van der Waals surface area contributed by atoms with Crippen LogP contribution in [0.5, 0.6) is 5.75 Å². The number of halogens is 2. The molecule has 1 atom stereocenters. The van der Waals surface area contributed by atoms with Gasteiger partial charge in [0.2, 0.25) is 0 Å². The molecule has 1 unspecified atom stereocenters. The lowest BCUT2D eigenvalue weighted by Crippen LogP contribution is -2.48. The van der Waals surface area contributed by atoms with E-state index in [9.17, 15) is 9.59 Å². The molecule has 6 nitrogen and oxygen atoms in total. The molecular formula is C23H27BrClN3O3. The zero-order valence-corrected chi connectivity index (χ0v) is 20.2. The van der Waals surface area contributed by atoms with Gasteiger partial charge in [-0.15, -0.1) is 0 Å². The summed E-state index contributed by atoms with van der Waals surface area (Å²) in [5, 5.41) is 7.08. The van der Waals surface area contributed by atoms with Gasteiger partial charge in [0.05, 0.1) is 27.9 Å². The summed E-state index contributed by atoms with van der Waals surface area (Å²) in [7, 11) is 0. The fourth-order valence-corrected chi connectivity index (χ4v) is 3.41. The molecule has 2 rings (SSSR count). The van der Waals surface area contributed by atoms with Crippen LogP contribution in [0.25, 0.3) is 0 Å². The summed E-state index contributed by atoms with van der Waals surface area (Å²) in [6.07, 6.45) is 3.59. The van der Waals surface area contributed by atoms with E-state index >= 15 is 0 Å². The molecule has 2 aromatic carbocycles. The van der Waals surface area contributed by atoms with Gasteiger partial charge in [0.15, 0.2) is 0 Å². The SMILES string of the molecule is CCCCOc1ccc(C=NNC(=O)C(NC(=O)c2ccccc2Cl)C(C)C)cc1Br. The van der Waals surface area contributed by atoms with Gasteiger partial charge in [-0.2, -0.15) is 5.10 Å². The van der Waals surface area contributed by atoms with Crippen LogP contribution in [0.3, 0.4) is 0 Å². The van der Waals surface area contributed by atoms with Crippen LogP contribution >= 0.6 is 27.5 Å². The largest absolute Gasteiger partial charge is 0.492 e. The second-order valence-corrected chi connectivity index (χ2v) is 8.56. The van der Waals surface area contributed by atoms with E-state index < -0.39 is 17.9 Å². The van der Waals surface area contributed by atoms with Gasteiger partial charge in [-0.05, 0) is 64.2 Å². The maximum atomic E-state index is 12.6. The van der Waals surface area contributed by atoms with Gasteiger partial charge in [0.1, 0.15) is 11.8 Å². The van der Waals surface area contributed by atoms with Crippen LogP contribution in [0.4, 0.5) is 0 Å². The molecule has 2 N–H and O–H groups in total. The highest BCUT2D eigenvalue weighted by Crippen LogP contribution is 2.25. The highest BCUT2D eigenvalue weighted by Gasteiger charge is 2.25. The number of ether oxygens (including phenoxy) is 1. The van der Waals surface area contributed by atoms with Crippen LogP contribution < -0.4 is 15.5 Å². The molecule has 0 aliphatic carbocycles. The van der Waals surface area contributed by atoms with Crippen molar-refractivity contribution in [3.05, 3.63) is 63.1 Å². The summed E-state index contributed by atoms with van der Waals surface area (Å²) < 4.78 is 6.51. The smallest absolute Gasteiger partial charge is 0.262 e. The third kappa shape index (κ3) is 7.67. The van der Waals surface area contributed by atoms with Crippen molar-refractivity contribution in [1.29, 1.82) is 0 Å². The van der Waals surface area contributed by atoms with Crippen molar-refractivity contribution in [3.63, 3.8) is 0 Å². The molecule has 0 aliphatic rings. The Bertz CT molecular complexity index is 934. The van der Waals surface area contributed by atoms with E-state index in [1.54, 1.807) is 24.3 Å². The first kappa shape index (κ1) is 24.9. The number of hydrogen-bond donors (Lipinski definition) is 2. The molecule has 0 radical (unpaired) electrons. The fourth-order valence-electron chi connectivity index (χ4n) is 2.68. The number of amides is 2. The predicted molar refractivity (Wildman–Crippen MR) is 128 cm³/mol. The van der Waals surface area contributed by atoms with E-state index in [1.807, 2.05) is 32.0 Å². The predicted octanol–water partition coefficient (Wildman–Crippen LogP) is 5.19. The van der Waals surface area contributed by atoms with Crippen LogP contribution in [-0.2, 0) is 4.79 Å². The second kappa shape index (κ2) is 12.5. The van der Waals surface area contributed by atoms with Crippen LogP contribution in [0, 0.1) is 5.92 Å². The number of benzene rings is 2. The van der Waals surface area contributed by atoms with Gasteiger partial charge in [-0.3, -0.25) is 9.59 Å². The first-order valence-corrected chi connectivity index (χ1v) is 11.3. The Labute approximate surface area is 196 Å². The molecule has 0 spiro atoms. The van der Waals surface area contributed by atoms with E-state index in [2.05, 4.69) is 38.7 Å². The monoisotopic (exact) mass is 507 g/mol. The van der Waals surface area contributed by atoms with Crippen LogP contribution in [0.1, 0.15) is 49.5 Å². The number of hydrogen-bond acceptors (Lipinski definition) is 4. The Balaban J connectivity index is 1.98. The lowest BCUT2D eigenvalue weighted by Gasteiger charge is -2.20. The molecule has 2 amide bonds. The third-order valence-electron chi connectivity index (χ3n) is 4.45. The number of unbranched alkanes of at least 4 members (excludes halogenated alkanes) is 1. The van der Waals surface area contributed by atoms with Crippen LogP contribution in [0.15, 0.2) is 52.0 Å². The Morgan fingerprint density at radius 1 is 1.23 bits per heavy atom. The Hall–Kier alpha value is -2.38. The molecule has 0 saturated carbocycles. The molecule has 0 heterocycles. The van der Waals surface area contributed by atoms with E-state index in [1.165, 1.54) is 6.21 Å². The number of nitrogens with one attached hydrogen (secondary N) is 2. The summed E-state index contributed by atoms with van der Waals surface area (Å²) >= 11 is 9.56. The maximum Gasteiger partial charge on any atom is 0.262 e. The normalized spacial score (nSPS) is 12.1. The highest BCUT2D eigenvalue weighted by atomic mass is 79.9. The van der Waals surface area contributed by atoms with Gasteiger partial charge in [-0.25, -0.2) is 5.43 Å². The molecule has 0 aromatic heterocycles. The van der Waals surface area contributed by atoms with Gasteiger partial charge in [0, 0.05) is 0 Å². The van der Waals surface area contributed by atoms with Crippen molar-refractivity contribution in [3.8, 4) is 5.75 Å². The van der Waals surface area contributed by atoms with Gasteiger partial charge >= 0.3 is 0 Å². The summed E-state index contributed by atoms with van der Waals surface area (Å²) in [6, 6.07) is 11.5. The lowest BCUT2D eigenvalue weighted by atomic mass is 10.0. The number of carbonyl (C=O) groups is 2. The number of carbonyl (C=O) groups excluding carboxylic acids is 2. The van der Waals surface area contributed by atoms with Gasteiger partial charge in [-0.1, -0.05) is 50.9 Å². The average molecular weight is 509 g/mol. The summed E-state index contributed by atoms with van der Waals surface area (Å²) in [6.45, 7) is 6.46. The molecular weight excluding hydrogens is 482 g/mol. The summed E-state index contributed by atoms with van der Waals surface area (Å²) in [5.74, 6) is -0.205. The average Bonchev–Trinajstić information content (AvgIpc) is 2.73. The van der Waals surface area contributed by atoms with E-state index in [-0.39, 0.29) is 5.92 Å². The molecule has 2 aromatic rings. The summed E-state index contributed by atoms with van der Waals surface area (Å²) in [5.41, 5.74) is 3.60. The Kier molecular flexibility index (Phi) is 10.0. The molecule has 0 aliphatic heterocycles. The first-order chi connectivity index (χ1) is 14.8. The Morgan fingerprint density at radius 2 is 1.97 bits per heavy atom. The van der Waals surface area contributed by atoms with Crippen molar-refractivity contribution in [1.82, 2.24) is 10.7 Å². The lowest BCUT2D eigenvalue weighted by molar-refractivity contribution is -0.123. The van der Waals surface area contributed by atoms with Crippen molar-refractivity contribution < 1.29 is 14.3 Å². The van der Waals surface area contributed by atoms with Crippen molar-refractivity contribution in [2.75, 3.05) is 6.61 Å². The molecule has 0 fully saturated rings. The van der Waals surface area contributed by atoms with Crippen LogP contribution in [0.2, 0.25) is 5.02 Å². The minimum atomic E-state index is -0.762. The van der Waals surface area contributed by atoms with Gasteiger partial charge < -0.3 is 10.1 Å². The minimum absolute atomic E-state index is 0.143. The minimum Gasteiger partial charge on any atom is -0.492 e. The Morgan fingerprint density at radius 3 is 2.61 bits per heavy atom. The van der Waals surface area contributed by atoms with Crippen LogP contribution in [-0.4, -0.2) is 30.7 Å². The molecule has 31 heavy (non-hydrogen) atoms. The van der Waals surface area contributed by atoms with Crippen molar-refractivity contribution in [2.45, 2.75) is 39.7 Å². The topological polar surface area (TPSA) is 79.8 Å². The molecule has 8 heteroatoms. The standard InChI is InChI=1S/C23H27BrClN3O3/c1-4-5-12-31-20-11-10-16(13-18(20)24)14-26-28-23(30)21(15(2)3)27-22(29)17-8-6-7-9-19(17)25/h6-11,13-15,21H,4-5,12H2,1-3H3,(H,27,29)(H,28,30). The molecule has 0 bridgehead atoms. The first-order valence-electron chi connectivity index (χ1n) is 10.1.